The number of halogens is 2. The van der Waals surface area contributed by atoms with Crippen LogP contribution in [0.5, 0.6) is 0 Å². The van der Waals surface area contributed by atoms with Crippen LogP contribution in [-0.4, -0.2) is 41.8 Å². The summed E-state index contributed by atoms with van der Waals surface area (Å²) in [6, 6.07) is 52.6. The molecule has 2 radical (unpaired) electrons. The first-order chi connectivity index (χ1) is 34.7. The first-order valence-corrected chi connectivity index (χ1v) is 48.6. The minimum atomic E-state index is -1.41. The second-order valence-electron chi connectivity index (χ2n) is 25.4. The van der Waals surface area contributed by atoms with Crippen molar-refractivity contribution in [3.8, 4) is 33.4 Å². The van der Waals surface area contributed by atoms with Crippen molar-refractivity contribution in [1.82, 2.24) is 0 Å². The molecule has 0 nitrogen and oxygen atoms in total. The van der Waals surface area contributed by atoms with Crippen molar-refractivity contribution in [2.45, 2.75) is 158 Å². The summed E-state index contributed by atoms with van der Waals surface area (Å²) in [6.07, 6.45) is 4.74. The summed E-state index contributed by atoms with van der Waals surface area (Å²) < 4.78 is 0. The summed E-state index contributed by atoms with van der Waals surface area (Å²) in [5, 5.41) is 14.9. The number of hydrogen-bond donors (Lipinski definition) is 0. The van der Waals surface area contributed by atoms with Crippen molar-refractivity contribution in [3.63, 3.8) is 0 Å². The Balaban J connectivity index is 0.000000186. The van der Waals surface area contributed by atoms with Gasteiger partial charge in [-0.3, -0.25) is 0 Å². The van der Waals surface area contributed by atoms with Gasteiger partial charge in [0, 0.05) is 0 Å². The Morgan fingerprint density at radius 2 is 0.878 bits per heavy atom. The summed E-state index contributed by atoms with van der Waals surface area (Å²) in [4.78, 5) is 0. The number of rotatable bonds is 12. The van der Waals surface area contributed by atoms with Gasteiger partial charge in [-0.25, -0.2) is 0 Å². The molecule has 0 bridgehead atoms. The maximum Gasteiger partial charge on any atom is 0.0920 e. The Hall–Kier alpha value is -2.91. The fourth-order valence-corrected chi connectivity index (χ4v) is 16.5. The van der Waals surface area contributed by atoms with Crippen molar-refractivity contribution in [2.24, 2.45) is 0 Å². The van der Waals surface area contributed by atoms with Gasteiger partial charge in [0.2, 0.25) is 0 Å². The summed E-state index contributed by atoms with van der Waals surface area (Å²) in [5.74, 6) is 1.04. The number of benzene rings is 6. The predicted octanol–water partition coefficient (Wildman–Crippen LogP) is 17.3. The molecule has 0 saturated heterocycles. The smallest absolute Gasteiger partial charge is 0.0920 e. The molecule has 1 heterocycles. The van der Waals surface area contributed by atoms with E-state index in [0.717, 1.165) is 9.52 Å². The van der Waals surface area contributed by atoms with Gasteiger partial charge in [0.05, 0.1) is 41.8 Å². The van der Waals surface area contributed by atoms with Crippen LogP contribution in [0.15, 0.2) is 127 Å². The van der Waals surface area contributed by atoms with Crippen LogP contribution in [-0.2, 0) is 33.7 Å². The second-order valence-corrected chi connectivity index (χ2v) is 50.7. The molecule has 8 heteroatoms. The fraction of sp³-hybridized carbons (Fsp3) is 0.364. The maximum atomic E-state index is 4.93. The van der Waals surface area contributed by atoms with E-state index in [1.54, 1.807) is 20.7 Å². The first kappa shape index (κ1) is 60.3. The molecule has 0 spiro atoms. The second kappa shape index (κ2) is 25.3. The third-order valence-corrected chi connectivity index (χ3v) is 24.0. The van der Waals surface area contributed by atoms with Gasteiger partial charge in [0.1, 0.15) is 0 Å². The van der Waals surface area contributed by atoms with Gasteiger partial charge in [0.15, 0.2) is 0 Å². The molecule has 0 unspecified atom stereocenters. The minimum absolute atomic E-state index is 0.518. The topological polar surface area (TPSA) is 0 Å². The molecule has 0 aromatic heterocycles. The van der Waals surface area contributed by atoms with Crippen LogP contribution >= 0.6 is 17.0 Å². The average molecular weight is 1180 g/mol. The van der Waals surface area contributed by atoms with Gasteiger partial charge < -0.3 is 0 Å². The average Bonchev–Trinajstić information content (AvgIpc) is 4.05. The summed E-state index contributed by atoms with van der Waals surface area (Å²) >= 11 is -0.826. The number of fused-ring (bicyclic) bond motifs is 5. The van der Waals surface area contributed by atoms with Crippen LogP contribution in [0.3, 0.4) is 0 Å². The van der Waals surface area contributed by atoms with Gasteiger partial charge >= 0.3 is 37.9 Å². The molecule has 0 fully saturated rings. The van der Waals surface area contributed by atoms with E-state index in [2.05, 4.69) is 248 Å². The Morgan fingerprint density at radius 3 is 1.24 bits per heavy atom. The van der Waals surface area contributed by atoms with Gasteiger partial charge in [-0.05, 0) is 35.8 Å². The third kappa shape index (κ3) is 14.8. The van der Waals surface area contributed by atoms with E-state index in [1.165, 1.54) is 113 Å². The molecule has 1 aliphatic heterocycles. The van der Waals surface area contributed by atoms with E-state index in [-0.39, 0.29) is 0 Å². The monoisotopic (exact) mass is 1180 g/mol. The van der Waals surface area contributed by atoms with Crippen molar-refractivity contribution >= 4 is 112 Å². The summed E-state index contributed by atoms with van der Waals surface area (Å²) in [7, 11) is 5.04. The molecule has 0 atom stereocenters. The van der Waals surface area contributed by atoms with Crippen molar-refractivity contribution < 1.29 is 20.8 Å². The molecule has 0 amide bonds. The number of aryl methyl sites for hydroxylation is 2. The Kier molecular flexibility index (Phi) is 20.6. The van der Waals surface area contributed by atoms with Crippen LogP contribution in [0.4, 0.5) is 0 Å². The van der Waals surface area contributed by atoms with Crippen LogP contribution in [0.2, 0.25) is 78.6 Å². The fourth-order valence-electron chi connectivity index (χ4n) is 10.2. The van der Waals surface area contributed by atoms with Gasteiger partial charge in [-0.15, -0.1) is 74.6 Å². The Bertz CT molecular complexity index is 2890. The van der Waals surface area contributed by atoms with Crippen LogP contribution in [0.1, 0.15) is 88.5 Å². The van der Waals surface area contributed by atoms with E-state index in [0.29, 0.717) is 11.8 Å². The molecule has 8 aromatic carbocycles. The molecule has 0 aliphatic carbocycles. The van der Waals surface area contributed by atoms with Gasteiger partial charge in [-0.2, -0.15) is 41.6 Å². The minimum Gasteiger partial charge on any atom is -0.184 e. The predicted molar refractivity (Wildman–Crippen MR) is 345 cm³/mol. The van der Waals surface area contributed by atoms with E-state index < -0.39 is 53.1 Å². The van der Waals surface area contributed by atoms with Crippen molar-refractivity contribution in [1.29, 1.82) is 0 Å². The summed E-state index contributed by atoms with van der Waals surface area (Å²) in [5.41, 5.74) is 14.6. The molecule has 9 rings (SSSR count). The molecule has 390 valence electrons. The molecule has 8 aromatic rings. The summed E-state index contributed by atoms with van der Waals surface area (Å²) in [6.45, 7) is 43.6. The Morgan fingerprint density at radius 1 is 0.500 bits per heavy atom. The van der Waals surface area contributed by atoms with Gasteiger partial charge in [-0.1, -0.05) is 247 Å². The largest absolute Gasteiger partial charge is 0.184 e. The molecule has 1 aliphatic rings. The molecular formula is C66H85Cl2Si5Zr-3. The molecule has 0 N–H and O–H groups in total. The van der Waals surface area contributed by atoms with Crippen LogP contribution in [0.25, 0.3) is 54.9 Å². The SMILES string of the molecule is CCCc1cc2c(-c3cc([Si](C)(C)C)cc([Si](C)(C)C)c3)c(C(C)C)ccc2[cH-]1.CCCc1cc2c(-c3cc([Si](C)(C)C)cc([Si](C)(C)C)c3)c(C(C)C)ccc2[cH-]1.[Cl][Zr][Cl].[c-]1cccc2c1[Si]c1ccccc1-2. The quantitative estimate of drug-likeness (QED) is 0.0845. The zero-order valence-electron chi connectivity index (χ0n) is 48.4. The van der Waals surface area contributed by atoms with Crippen molar-refractivity contribution in [2.75, 3.05) is 0 Å². The van der Waals surface area contributed by atoms with Crippen LogP contribution < -0.4 is 31.1 Å². The number of hydrogen-bond acceptors (Lipinski definition) is 0. The first-order valence-electron chi connectivity index (χ1n) is 27.3. The van der Waals surface area contributed by atoms with E-state index in [9.17, 15) is 0 Å². The van der Waals surface area contributed by atoms with E-state index in [4.69, 9.17) is 17.0 Å². The zero-order chi connectivity index (χ0) is 54.5. The normalized spacial score (nSPS) is 12.5. The third-order valence-electron chi connectivity index (χ3n) is 14.5. The molecule has 0 saturated carbocycles. The van der Waals surface area contributed by atoms with Crippen molar-refractivity contribution in [3.05, 3.63) is 156 Å². The maximum absolute atomic E-state index is 4.93. The van der Waals surface area contributed by atoms with Gasteiger partial charge in [0.25, 0.3) is 0 Å². The Labute approximate surface area is 474 Å². The molecule has 74 heavy (non-hydrogen) atoms. The molecular weight excluding hydrogens is 1100 g/mol. The van der Waals surface area contributed by atoms with E-state index in [1.807, 2.05) is 6.07 Å². The standard InChI is InChI=1S/2C27H39Si2.C12H7Si.2ClH.Zr/c2*1-10-11-20-14-21-12-13-25(19(2)3)27(26(21)15-20)22-16-23(28(4,5)6)18-24(17-22)29(7,8)9;1-3-7-11-9(5-1)10-6-2-4-8-12(10)13-11;;;/h2*12-19H,10-11H2,1-9H3;1-7H;2*1H;/q3*-1;;;+2/p-2. The van der Waals surface area contributed by atoms with E-state index >= 15 is 0 Å². The van der Waals surface area contributed by atoms with Crippen LogP contribution in [0, 0.1) is 6.07 Å². The zero-order valence-corrected chi connectivity index (χ0v) is 57.3.